The summed E-state index contributed by atoms with van der Waals surface area (Å²) in [4.78, 5) is 31.1. The smallest absolute Gasteiger partial charge is 0.226 e. The summed E-state index contributed by atoms with van der Waals surface area (Å²) in [5.41, 5.74) is 4.06. The maximum Gasteiger partial charge on any atom is 0.226 e. The van der Waals surface area contributed by atoms with Crippen molar-refractivity contribution in [2.75, 3.05) is 24.5 Å². The van der Waals surface area contributed by atoms with Gasteiger partial charge < -0.3 is 9.80 Å². The molecule has 0 unspecified atom stereocenters. The van der Waals surface area contributed by atoms with Crippen LogP contribution in [-0.2, 0) is 4.79 Å². The fourth-order valence-corrected chi connectivity index (χ4v) is 5.07. The van der Waals surface area contributed by atoms with Gasteiger partial charge in [-0.15, -0.1) is 0 Å². The van der Waals surface area contributed by atoms with Crippen molar-refractivity contribution in [1.82, 2.24) is 19.9 Å². The highest BCUT2D eigenvalue weighted by Crippen LogP contribution is 2.45. The number of hydrogen-bond donors (Lipinski definition) is 0. The van der Waals surface area contributed by atoms with Gasteiger partial charge in [-0.1, -0.05) is 6.58 Å². The predicted molar refractivity (Wildman–Crippen MR) is 125 cm³/mol. The molecule has 4 aliphatic rings. The minimum atomic E-state index is 0.237. The van der Waals surface area contributed by atoms with Gasteiger partial charge >= 0.3 is 0 Å². The Bertz CT molecular complexity index is 1160. The van der Waals surface area contributed by atoms with Gasteiger partial charge in [0, 0.05) is 37.0 Å². The van der Waals surface area contributed by atoms with E-state index >= 15 is 0 Å². The molecule has 3 aliphatic carbocycles. The van der Waals surface area contributed by atoms with Gasteiger partial charge in [0.15, 0.2) is 0 Å². The average molecular weight is 441 g/mol. The van der Waals surface area contributed by atoms with Crippen molar-refractivity contribution in [3.05, 3.63) is 42.0 Å². The topological polar surface area (TPSA) is 86.0 Å². The first-order chi connectivity index (χ1) is 16.2. The van der Waals surface area contributed by atoms with E-state index in [0.29, 0.717) is 23.3 Å². The van der Waals surface area contributed by atoms with E-state index in [0.717, 1.165) is 73.8 Å². The van der Waals surface area contributed by atoms with Crippen molar-refractivity contribution in [3.8, 4) is 17.3 Å². The van der Waals surface area contributed by atoms with Crippen molar-refractivity contribution < 1.29 is 4.79 Å². The van der Waals surface area contributed by atoms with Gasteiger partial charge in [-0.2, -0.15) is 5.26 Å². The molecule has 0 bridgehead atoms. The zero-order chi connectivity index (χ0) is 22.5. The Morgan fingerprint density at radius 3 is 2.61 bits per heavy atom. The van der Waals surface area contributed by atoms with Crippen LogP contribution >= 0.6 is 0 Å². The number of aromatic nitrogens is 3. The summed E-state index contributed by atoms with van der Waals surface area (Å²) < 4.78 is 0. The Hall–Kier alpha value is -3.27. The number of anilines is 1. The van der Waals surface area contributed by atoms with Crippen LogP contribution < -0.4 is 4.90 Å². The molecule has 1 aliphatic heterocycles. The first-order valence-electron chi connectivity index (χ1n) is 12.1. The van der Waals surface area contributed by atoms with E-state index in [1.807, 2.05) is 12.1 Å². The van der Waals surface area contributed by atoms with Gasteiger partial charge in [-0.3, -0.25) is 4.79 Å². The normalized spacial score (nSPS) is 22.7. The van der Waals surface area contributed by atoms with Gasteiger partial charge in [0.2, 0.25) is 5.91 Å². The second-order valence-electron chi connectivity index (χ2n) is 9.87. The molecular weight excluding hydrogens is 412 g/mol. The second-order valence-corrected chi connectivity index (χ2v) is 9.87. The minimum Gasteiger partial charge on any atom is -0.352 e. The van der Waals surface area contributed by atoms with Crippen LogP contribution in [0, 0.1) is 23.2 Å². The van der Waals surface area contributed by atoms with Crippen molar-refractivity contribution in [2.45, 2.75) is 50.5 Å². The molecule has 168 valence electrons. The zero-order valence-corrected chi connectivity index (χ0v) is 18.8. The maximum absolute atomic E-state index is 12.9. The van der Waals surface area contributed by atoms with Gasteiger partial charge in [0.1, 0.15) is 18.2 Å². The van der Waals surface area contributed by atoms with Crippen molar-refractivity contribution in [1.29, 1.82) is 5.26 Å². The number of amides is 1. The summed E-state index contributed by atoms with van der Waals surface area (Å²) in [5.74, 6) is 2.35. The molecule has 7 heteroatoms. The van der Waals surface area contributed by atoms with E-state index in [2.05, 4.69) is 32.4 Å². The van der Waals surface area contributed by atoms with Gasteiger partial charge in [0.05, 0.1) is 28.7 Å². The maximum atomic E-state index is 12.9. The molecule has 3 saturated carbocycles. The van der Waals surface area contributed by atoms with Crippen molar-refractivity contribution in [2.24, 2.45) is 11.8 Å². The first kappa shape index (κ1) is 20.3. The zero-order valence-electron chi connectivity index (χ0n) is 18.8. The van der Waals surface area contributed by atoms with Gasteiger partial charge in [-0.05, 0) is 62.7 Å². The highest BCUT2D eigenvalue weighted by molar-refractivity contribution is 5.82. The molecule has 0 N–H and O–H groups in total. The number of pyridine rings is 1. The summed E-state index contributed by atoms with van der Waals surface area (Å²) >= 11 is 0. The number of rotatable bonds is 6. The summed E-state index contributed by atoms with van der Waals surface area (Å²) in [7, 11) is 0. The molecule has 2 aromatic rings. The lowest BCUT2D eigenvalue weighted by atomic mass is 10.0. The van der Waals surface area contributed by atoms with E-state index in [4.69, 9.17) is 4.98 Å². The van der Waals surface area contributed by atoms with Crippen molar-refractivity contribution in [3.63, 3.8) is 0 Å². The molecule has 0 aromatic carbocycles. The molecule has 1 amide bonds. The lowest BCUT2D eigenvalue weighted by molar-refractivity contribution is -0.135. The Labute approximate surface area is 194 Å². The number of hydrogen-bond acceptors (Lipinski definition) is 6. The van der Waals surface area contributed by atoms with E-state index in [1.54, 1.807) is 12.4 Å². The third kappa shape index (κ3) is 3.88. The largest absolute Gasteiger partial charge is 0.352 e. The Kier molecular flexibility index (Phi) is 4.90. The lowest BCUT2D eigenvalue weighted by Gasteiger charge is -2.43. The van der Waals surface area contributed by atoms with Crippen LogP contribution in [0.4, 0.5) is 5.82 Å². The monoisotopic (exact) mass is 440 g/mol. The Balaban J connectivity index is 1.35. The average Bonchev–Trinajstić information content (AvgIpc) is 3.72. The van der Waals surface area contributed by atoms with Crippen LogP contribution in [0.15, 0.2) is 25.0 Å². The van der Waals surface area contributed by atoms with E-state index < -0.39 is 0 Å². The van der Waals surface area contributed by atoms with Crippen LogP contribution in [0.1, 0.15) is 61.4 Å². The predicted octanol–water partition coefficient (Wildman–Crippen LogP) is 3.77. The fourth-order valence-electron chi connectivity index (χ4n) is 5.07. The molecule has 3 heterocycles. The second kappa shape index (κ2) is 7.95. The van der Waals surface area contributed by atoms with Crippen LogP contribution in [-0.4, -0.2) is 51.4 Å². The molecule has 6 rings (SSSR count). The molecule has 2 aromatic heterocycles. The molecular formula is C26H28N6O. The number of carbonyl (C=O) groups excluding carboxylic acids is 1. The molecule has 7 nitrogen and oxygen atoms in total. The summed E-state index contributed by atoms with van der Waals surface area (Å²) in [6.07, 6.45) is 9.93. The summed E-state index contributed by atoms with van der Waals surface area (Å²) in [6.45, 7) is 6.02. The molecule has 0 radical (unpaired) electrons. The molecule has 1 atom stereocenters. The third-order valence-electron chi connectivity index (χ3n) is 7.38. The number of nitriles is 1. The summed E-state index contributed by atoms with van der Waals surface area (Å²) in [5, 5.41) is 10.0. The van der Waals surface area contributed by atoms with Gasteiger partial charge in [-0.25, -0.2) is 15.0 Å². The molecule has 1 saturated heterocycles. The fraction of sp³-hybridized carbons (Fsp3) is 0.500. The van der Waals surface area contributed by atoms with E-state index in [-0.39, 0.29) is 12.0 Å². The quantitative estimate of drug-likeness (QED) is 0.680. The van der Waals surface area contributed by atoms with Crippen molar-refractivity contribution >= 4 is 17.8 Å². The van der Waals surface area contributed by atoms with Crippen LogP contribution in [0.25, 0.3) is 17.3 Å². The first-order valence-corrected chi connectivity index (χ1v) is 12.1. The Morgan fingerprint density at radius 1 is 1.12 bits per heavy atom. The van der Waals surface area contributed by atoms with Crippen LogP contribution in [0.3, 0.4) is 0 Å². The highest BCUT2D eigenvalue weighted by atomic mass is 16.2. The SMILES string of the molecule is C=Cc1cc(-c2cc(C#N)c(N3CCN(C(=O)C4CC4)[C@H](C4CC4)C3)nc2C2CC2)ncn1. The van der Waals surface area contributed by atoms with Crippen LogP contribution in [0.2, 0.25) is 0 Å². The van der Waals surface area contributed by atoms with Crippen LogP contribution in [0.5, 0.6) is 0 Å². The summed E-state index contributed by atoms with van der Waals surface area (Å²) in [6, 6.07) is 6.49. The molecule has 33 heavy (non-hydrogen) atoms. The number of nitrogens with zero attached hydrogens (tertiary/aromatic N) is 6. The van der Waals surface area contributed by atoms with Gasteiger partial charge in [0.25, 0.3) is 0 Å². The minimum absolute atomic E-state index is 0.237. The lowest BCUT2D eigenvalue weighted by Crippen LogP contribution is -2.57. The molecule has 0 spiro atoms. The van der Waals surface area contributed by atoms with E-state index in [9.17, 15) is 10.1 Å². The van der Waals surface area contributed by atoms with E-state index in [1.165, 1.54) is 12.8 Å². The molecule has 4 fully saturated rings. The number of carbonyl (C=O) groups is 1. The Morgan fingerprint density at radius 2 is 1.94 bits per heavy atom. The third-order valence-corrected chi connectivity index (χ3v) is 7.38. The number of piperazine rings is 1. The highest BCUT2D eigenvalue weighted by Gasteiger charge is 2.45. The standard InChI is InChI=1S/C26H28N6O/c1-2-20-12-22(29-15-28-20)21-11-19(13-27)25(30-24(21)17-5-6-17)31-9-10-32(26(33)18-7-8-18)23(14-31)16-3-4-16/h2,11-12,15-18,23H,1,3-10,14H2/t23-/m0/s1.